The van der Waals surface area contributed by atoms with Gasteiger partial charge in [-0.1, -0.05) is 66.7 Å². The number of benzene rings is 2. The molecule has 0 radical (unpaired) electrons. The topological polar surface area (TPSA) is 26.3 Å². The Morgan fingerprint density at radius 2 is 1.64 bits per heavy atom. The Morgan fingerprint density at radius 1 is 1.05 bits per heavy atom. The van der Waals surface area contributed by atoms with E-state index < -0.39 is 5.41 Å². The third-order valence-corrected chi connectivity index (χ3v) is 4.21. The molecule has 0 fully saturated rings. The highest BCUT2D eigenvalue weighted by Gasteiger charge is 2.55. The van der Waals surface area contributed by atoms with Gasteiger partial charge in [0.25, 0.3) is 0 Å². The fourth-order valence-corrected chi connectivity index (χ4v) is 3.22. The van der Waals surface area contributed by atoms with Crippen LogP contribution in [0.2, 0.25) is 0 Å². The smallest absolute Gasteiger partial charge is 0.185 e. The summed E-state index contributed by atoms with van der Waals surface area (Å²) in [6, 6.07) is 19.5. The Kier molecular flexibility index (Phi) is 3.68. The maximum atomic E-state index is 13.1. The Labute approximate surface area is 130 Å². The predicted molar refractivity (Wildman–Crippen MR) is 88.3 cm³/mol. The van der Waals surface area contributed by atoms with Gasteiger partial charge in [-0.15, -0.1) is 6.58 Å². The normalized spacial score (nSPS) is 20.5. The second-order valence-electron chi connectivity index (χ2n) is 5.37. The minimum atomic E-state index is -0.733. The molecule has 0 saturated carbocycles. The maximum absolute atomic E-state index is 13.1. The molecule has 2 aromatic rings. The number of Topliss-reactive ketones (excluding diaryl/α,β-unsaturated/α-hetero) is 1. The van der Waals surface area contributed by atoms with Crippen LogP contribution in [-0.2, 0) is 14.9 Å². The lowest BCUT2D eigenvalue weighted by Gasteiger charge is -2.43. The first-order valence-corrected chi connectivity index (χ1v) is 7.31. The largest absolute Gasteiger partial charge is 0.499 e. The van der Waals surface area contributed by atoms with Crippen molar-refractivity contribution >= 4 is 11.4 Å². The first-order valence-electron chi connectivity index (χ1n) is 7.31. The van der Waals surface area contributed by atoms with Gasteiger partial charge in [-0.3, -0.25) is 4.79 Å². The van der Waals surface area contributed by atoms with Gasteiger partial charge in [-0.25, -0.2) is 0 Å². The number of ether oxygens (including phenoxy) is 1. The molecule has 1 atom stereocenters. The van der Waals surface area contributed by atoms with Crippen LogP contribution in [0.3, 0.4) is 0 Å². The lowest BCUT2D eigenvalue weighted by atomic mass is 9.60. The van der Waals surface area contributed by atoms with Gasteiger partial charge in [0.1, 0.15) is 11.2 Å². The summed E-state index contributed by atoms with van der Waals surface area (Å²) in [4.78, 5) is 13.1. The van der Waals surface area contributed by atoms with Gasteiger partial charge in [-0.2, -0.15) is 0 Å². The summed E-state index contributed by atoms with van der Waals surface area (Å²) in [5, 5.41) is 0. The predicted octanol–water partition coefficient (Wildman–Crippen LogP) is 4.14. The summed E-state index contributed by atoms with van der Waals surface area (Å²) in [6.45, 7) is 3.82. The van der Waals surface area contributed by atoms with Crippen molar-refractivity contribution in [2.45, 2.75) is 11.8 Å². The number of carbonyl (C=O) groups is 1. The molecule has 0 spiro atoms. The van der Waals surface area contributed by atoms with Crippen LogP contribution in [0.25, 0.3) is 5.57 Å². The second-order valence-corrected chi connectivity index (χ2v) is 5.37. The van der Waals surface area contributed by atoms with Gasteiger partial charge in [-0.05, 0) is 17.5 Å². The Hall–Kier alpha value is -2.61. The molecule has 0 bridgehead atoms. The third kappa shape index (κ3) is 1.92. The summed E-state index contributed by atoms with van der Waals surface area (Å²) in [6.07, 6.45) is 2.32. The van der Waals surface area contributed by atoms with Crippen LogP contribution in [0.4, 0.5) is 0 Å². The maximum Gasteiger partial charge on any atom is 0.185 e. The molecule has 110 valence electrons. The SMILES string of the molecule is C=CCC1(c2ccccc2)C(=O)C(c2ccccc2)=C1OC. The van der Waals surface area contributed by atoms with Gasteiger partial charge in [0.15, 0.2) is 5.78 Å². The Balaban J connectivity index is 2.19. The number of hydrogen-bond acceptors (Lipinski definition) is 2. The van der Waals surface area contributed by atoms with Gasteiger partial charge in [0.2, 0.25) is 0 Å². The number of ketones is 1. The monoisotopic (exact) mass is 290 g/mol. The molecule has 0 aliphatic heterocycles. The molecule has 0 N–H and O–H groups in total. The van der Waals surface area contributed by atoms with Crippen molar-refractivity contribution in [3.05, 3.63) is 90.2 Å². The van der Waals surface area contributed by atoms with Crippen LogP contribution in [-0.4, -0.2) is 12.9 Å². The molecule has 1 aliphatic rings. The molecular weight excluding hydrogens is 272 g/mol. The number of allylic oxidation sites excluding steroid dienone is 3. The van der Waals surface area contributed by atoms with Gasteiger partial charge in [0, 0.05) is 0 Å². The standard InChI is InChI=1S/C20H18O2/c1-3-14-20(16-12-8-5-9-13-16)18(21)17(19(20)22-2)15-10-6-4-7-11-15/h3-13H,1,14H2,2H3. The van der Waals surface area contributed by atoms with Crippen molar-refractivity contribution in [1.82, 2.24) is 0 Å². The summed E-state index contributed by atoms with van der Waals surface area (Å²) in [7, 11) is 1.63. The zero-order valence-corrected chi connectivity index (χ0v) is 12.6. The van der Waals surface area contributed by atoms with Crippen LogP contribution in [0.15, 0.2) is 79.1 Å². The molecule has 3 rings (SSSR count). The molecule has 0 aromatic heterocycles. The van der Waals surface area contributed by atoms with Crippen LogP contribution >= 0.6 is 0 Å². The van der Waals surface area contributed by atoms with Crippen molar-refractivity contribution in [3.63, 3.8) is 0 Å². The quantitative estimate of drug-likeness (QED) is 0.774. The Morgan fingerprint density at radius 3 is 2.18 bits per heavy atom. The fraction of sp³-hybridized carbons (Fsp3) is 0.150. The van der Waals surface area contributed by atoms with Crippen molar-refractivity contribution in [1.29, 1.82) is 0 Å². The van der Waals surface area contributed by atoms with E-state index in [1.807, 2.05) is 60.7 Å². The van der Waals surface area contributed by atoms with Crippen LogP contribution < -0.4 is 0 Å². The molecule has 1 unspecified atom stereocenters. The van der Waals surface area contributed by atoms with E-state index in [0.717, 1.165) is 16.9 Å². The molecular formula is C20H18O2. The van der Waals surface area contributed by atoms with E-state index in [9.17, 15) is 4.79 Å². The first-order chi connectivity index (χ1) is 10.8. The van der Waals surface area contributed by atoms with E-state index in [4.69, 9.17) is 4.74 Å². The number of rotatable bonds is 5. The minimum Gasteiger partial charge on any atom is -0.499 e. The Bertz CT molecular complexity index is 729. The third-order valence-electron chi connectivity index (χ3n) is 4.21. The lowest BCUT2D eigenvalue weighted by Crippen LogP contribution is -2.48. The summed E-state index contributed by atoms with van der Waals surface area (Å²) < 4.78 is 5.66. The summed E-state index contributed by atoms with van der Waals surface area (Å²) in [5.74, 6) is 0.830. The van der Waals surface area contributed by atoms with E-state index in [0.29, 0.717) is 12.0 Å². The molecule has 0 heterocycles. The number of carbonyl (C=O) groups excluding carboxylic acids is 1. The number of methoxy groups -OCH3 is 1. The molecule has 22 heavy (non-hydrogen) atoms. The van der Waals surface area contributed by atoms with Crippen LogP contribution in [0.1, 0.15) is 17.5 Å². The van der Waals surface area contributed by atoms with Gasteiger partial charge >= 0.3 is 0 Å². The van der Waals surface area contributed by atoms with E-state index >= 15 is 0 Å². The van der Waals surface area contributed by atoms with E-state index in [1.165, 1.54) is 0 Å². The summed E-state index contributed by atoms with van der Waals surface area (Å²) >= 11 is 0. The minimum absolute atomic E-state index is 0.0988. The highest BCUT2D eigenvalue weighted by Crippen LogP contribution is 2.52. The van der Waals surface area contributed by atoms with Crippen LogP contribution in [0, 0.1) is 0 Å². The zero-order chi connectivity index (χ0) is 15.6. The zero-order valence-electron chi connectivity index (χ0n) is 12.6. The second kappa shape index (κ2) is 5.64. The fourth-order valence-electron chi connectivity index (χ4n) is 3.22. The van der Waals surface area contributed by atoms with E-state index in [-0.39, 0.29) is 5.78 Å². The first kappa shape index (κ1) is 14.3. The average molecular weight is 290 g/mol. The molecule has 2 aromatic carbocycles. The number of hydrogen-bond donors (Lipinski definition) is 0. The average Bonchev–Trinajstić information content (AvgIpc) is 2.58. The molecule has 0 amide bonds. The van der Waals surface area contributed by atoms with Gasteiger partial charge < -0.3 is 4.74 Å². The molecule has 2 nitrogen and oxygen atoms in total. The highest BCUT2D eigenvalue weighted by atomic mass is 16.5. The van der Waals surface area contributed by atoms with Crippen molar-refractivity contribution in [2.75, 3.05) is 7.11 Å². The van der Waals surface area contributed by atoms with E-state index in [2.05, 4.69) is 6.58 Å². The molecule has 2 heteroatoms. The molecule has 1 aliphatic carbocycles. The van der Waals surface area contributed by atoms with Crippen molar-refractivity contribution < 1.29 is 9.53 Å². The lowest BCUT2D eigenvalue weighted by molar-refractivity contribution is -0.121. The van der Waals surface area contributed by atoms with Gasteiger partial charge in [0.05, 0.1) is 12.7 Å². The molecule has 0 saturated heterocycles. The summed E-state index contributed by atoms with van der Waals surface area (Å²) in [5.41, 5.74) is 1.80. The van der Waals surface area contributed by atoms with E-state index in [1.54, 1.807) is 13.2 Å². The van der Waals surface area contributed by atoms with Crippen molar-refractivity contribution in [3.8, 4) is 0 Å². The van der Waals surface area contributed by atoms with Crippen molar-refractivity contribution in [2.24, 2.45) is 0 Å². The highest BCUT2D eigenvalue weighted by molar-refractivity contribution is 6.34. The van der Waals surface area contributed by atoms with Crippen LogP contribution in [0.5, 0.6) is 0 Å².